The average molecular weight is 231 g/mol. The number of rotatable bonds is 1. The van der Waals surface area contributed by atoms with E-state index < -0.39 is 0 Å². The molecule has 0 N–H and O–H groups in total. The maximum absolute atomic E-state index is 11.6. The van der Waals surface area contributed by atoms with Gasteiger partial charge < -0.3 is 0 Å². The van der Waals surface area contributed by atoms with Crippen molar-refractivity contribution in [3.63, 3.8) is 0 Å². The van der Waals surface area contributed by atoms with Gasteiger partial charge in [-0.05, 0) is 12.8 Å². The summed E-state index contributed by atoms with van der Waals surface area (Å²) >= 11 is 1.56. The zero-order valence-corrected chi connectivity index (χ0v) is 9.33. The fraction of sp³-hybridized carbons (Fsp3) is 0.273. The molecule has 3 rings (SSSR count). The lowest BCUT2D eigenvalue weighted by molar-refractivity contribution is 0.0968. The minimum atomic E-state index is 0.160. The molecule has 2 aromatic rings. The van der Waals surface area contributed by atoms with Crippen molar-refractivity contribution < 1.29 is 4.79 Å². The van der Waals surface area contributed by atoms with Gasteiger partial charge in [0.25, 0.3) is 0 Å². The number of hydrogen-bond acceptors (Lipinski definition) is 5. The van der Waals surface area contributed by atoms with Crippen LogP contribution in [0.25, 0.3) is 10.7 Å². The third-order valence-electron chi connectivity index (χ3n) is 2.55. The summed E-state index contributed by atoms with van der Waals surface area (Å²) in [6, 6.07) is 0. The molecule has 1 aliphatic rings. The number of carbonyl (C=O) groups excluding carboxylic acids is 1. The number of nitrogens with zero attached hydrogens (tertiary/aromatic N) is 3. The van der Waals surface area contributed by atoms with Gasteiger partial charge in [0.1, 0.15) is 16.4 Å². The minimum absolute atomic E-state index is 0.160. The molecule has 80 valence electrons. The predicted molar refractivity (Wildman–Crippen MR) is 60.4 cm³/mol. The highest BCUT2D eigenvalue weighted by Gasteiger charge is 2.22. The lowest BCUT2D eigenvalue weighted by Gasteiger charge is -2.06. The van der Waals surface area contributed by atoms with E-state index in [0.717, 1.165) is 28.4 Å². The Labute approximate surface area is 96.4 Å². The second kappa shape index (κ2) is 3.75. The van der Waals surface area contributed by atoms with Crippen molar-refractivity contribution in [2.24, 2.45) is 0 Å². The van der Waals surface area contributed by atoms with Crippen LogP contribution in [0.5, 0.6) is 0 Å². The van der Waals surface area contributed by atoms with E-state index in [2.05, 4.69) is 15.0 Å². The molecule has 0 saturated carbocycles. The molecule has 0 spiro atoms. The number of thiazole rings is 1. The van der Waals surface area contributed by atoms with E-state index in [1.807, 2.05) is 0 Å². The van der Waals surface area contributed by atoms with E-state index >= 15 is 0 Å². The summed E-state index contributed by atoms with van der Waals surface area (Å²) in [7, 11) is 0. The third kappa shape index (κ3) is 1.53. The highest BCUT2D eigenvalue weighted by atomic mass is 32.1. The Morgan fingerprint density at radius 3 is 2.94 bits per heavy atom. The predicted octanol–water partition coefficient (Wildman–Crippen LogP) is 2.12. The summed E-state index contributed by atoms with van der Waals surface area (Å²) in [4.78, 5) is 25.3. The Bertz CT molecular complexity index is 535. The van der Waals surface area contributed by atoms with E-state index in [1.54, 1.807) is 29.9 Å². The second-order valence-corrected chi connectivity index (χ2v) is 4.74. The van der Waals surface area contributed by atoms with Crippen molar-refractivity contribution in [1.29, 1.82) is 0 Å². The zero-order valence-electron chi connectivity index (χ0n) is 8.51. The van der Waals surface area contributed by atoms with Crippen molar-refractivity contribution >= 4 is 17.1 Å². The first-order valence-electron chi connectivity index (χ1n) is 5.14. The molecule has 16 heavy (non-hydrogen) atoms. The zero-order chi connectivity index (χ0) is 11.0. The van der Waals surface area contributed by atoms with Gasteiger partial charge in [-0.15, -0.1) is 11.3 Å². The van der Waals surface area contributed by atoms with E-state index in [0.29, 0.717) is 12.1 Å². The van der Waals surface area contributed by atoms with Gasteiger partial charge in [0, 0.05) is 23.7 Å². The molecular formula is C11H9N3OS. The first-order valence-corrected chi connectivity index (χ1v) is 5.95. The summed E-state index contributed by atoms with van der Waals surface area (Å²) in [5.41, 5.74) is 1.40. The van der Waals surface area contributed by atoms with Gasteiger partial charge in [-0.25, -0.2) is 4.98 Å². The topological polar surface area (TPSA) is 55.7 Å². The molecule has 0 bridgehead atoms. The first-order chi connectivity index (χ1) is 7.84. The summed E-state index contributed by atoms with van der Waals surface area (Å²) in [6.07, 6.45) is 7.46. The summed E-state index contributed by atoms with van der Waals surface area (Å²) in [6.45, 7) is 0. The van der Waals surface area contributed by atoms with Crippen LogP contribution < -0.4 is 0 Å². The van der Waals surface area contributed by atoms with Gasteiger partial charge in [0.15, 0.2) is 5.78 Å². The smallest absolute Gasteiger partial charge is 0.182 e. The lowest BCUT2D eigenvalue weighted by atomic mass is 10.0. The average Bonchev–Trinajstić information content (AvgIpc) is 2.76. The molecule has 0 atom stereocenters. The fourth-order valence-electron chi connectivity index (χ4n) is 1.79. The van der Waals surface area contributed by atoms with Gasteiger partial charge in [-0.3, -0.25) is 14.8 Å². The summed E-state index contributed by atoms with van der Waals surface area (Å²) in [5.74, 6) is 0.160. The molecule has 0 unspecified atom stereocenters. The molecule has 0 radical (unpaired) electrons. The Morgan fingerprint density at radius 2 is 2.19 bits per heavy atom. The molecule has 5 heteroatoms. The molecule has 4 nitrogen and oxygen atoms in total. The molecule has 0 fully saturated rings. The van der Waals surface area contributed by atoms with Crippen LogP contribution in [0.15, 0.2) is 18.6 Å². The van der Waals surface area contributed by atoms with Gasteiger partial charge in [-0.1, -0.05) is 0 Å². The second-order valence-electron chi connectivity index (χ2n) is 3.66. The lowest BCUT2D eigenvalue weighted by Crippen LogP contribution is -2.08. The summed E-state index contributed by atoms with van der Waals surface area (Å²) in [5, 5.41) is 0.799. The standard InChI is InChI=1S/C11H9N3OS/c15-8-2-1-3-9-10(8)14-11(16-9)7-6-12-4-5-13-7/h4-6H,1-3H2. The van der Waals surface area contributed by atoms with E-state index in [1.165, 1.54) is 0 Å². The molecule has 2 aromatic heterocycles. The van der Waals surface area contributed by atoms with E-state index in [4.69, 9.17) is 0 Å². The van der Waals surface area contributed by atoms with Crippen LogP contribution in [0.1, 0.15) is 28.2 Å². The van der Waals surface area contributed by atoms with Gasteiger partial charge in [0.05, 0.1) is 6.20 Å². The van der Waals surface area contributed by atoms with Crippen LogP contribution in [-0.4, -0.2) is 20.7 Å². The van der Waals surface area contributed by atoms with Crippen LogP contribution in [0, 0.1) is 0 Å². The molecule has 1 aliphatic carbocycles. The van der Waals surface area contributed by atoms with Crippen LogP contribution >= 0.6 is 11.3 Å². The van der Waals surface area contributed by atoms with Crippen molar-refractivity contribution in [3.05, 3.63) is 29.2 Å². The molecule has 0 amide bonds. The number of carbonyl (C=O) groups is 1. The van der Waals surface area contributed by atoms with E-state index in [9.17, 15) is 4.79 Å². The van der Waals surface area contributed by atoms with Crippen molar-refractivity contribution in [2.75, 3.05) is 0 Å². The Balaban J connectivity index is 2.08. The maximum Gasteiger partial charge on any atom is 0.182 e. The normalized spacial score (nSPS) is 14.9. The first kappa shape index (κ1) is 9.59. The Morgan fingerprint density at radius 1 is 1.25 bits per heavy atom. The molecule has 0 aromatic carbocycles. The largest absolute Gasteiger partial charge is 0.292 e. The quantitative estimate of drug-likeness (QED) is 0.754. The Hall–Kier alpha value is -1.62. The third-order valence-corrected chi connectivity index (χ3v) is 3.69. The monoisotopic (exact) mass is 231 g/mol. The van der Waals surface area contributed by atoms with E-state index in [-0.39, 0.29) is 5.78 Å². The number of fused-ring (bicyclic) bond motifs is 1. The molecule has 0 saturated heterocycles. The van der Waals surface area contributed by atoms with Gasteiger partial charge in [0.2, 0.25) is 0 Å². The molecule has 0 aliphatic heterocycles. The number of aromatic nitrogens is 3. The van der Waals surface area contributed by atoms with Crippen LogP contribution in [0.3, 0.4) is 0 Å². The number of Topliss-reactive ketones (excluding diaryl/α,β-unsaturated/α-hetero) is 1. The number of hydrogen-bond donors (Lipinski definition) is 0. The van der Waals surface area contributed by atoms with Crippen molar-refractivity contribution in [2.45, 2.75) is 19.3 Å². The van der Waals surface area contributed by atoms with Crippen molar-refractivity contribution in [3.8, 4) is 10.7 Å². The highest BCUT2D eigenvalue weighted by Crippen LogP contribution is 2.31. The fourth-order valence-corrected chi connectivity index (χ4v) is 2.87. The van der Waals surface area contributed by atoms with Crippen LogP contribution in [-0.2, 0) is 6.42 Å². The van der Waals surface area contributed by atoms with Crippen LogP contribution in [0.2, 0.25) is 0 Å². The minimum Gasteiger partial charge on any atom is -0.292 e. The molecular weight excluding hydrogens is 222 g/mol. The van der Waals surface area contributed by atoms with Crippen LogP contribution in [0.4, 0.5) is 0 Å². The Kier molecular flexibility index (Phi) is 2.25. The maximum atomic E-state index is 11.6. The number of ketones is 1. The summed E-state index contributed by atoms with van der Waals surface area (Å²) < 4.78 is 0. The SMILES string of the molecule is O=C1CCCc2sc(-c3cnccn3)nc21. The van der Waals surface area contributed by atoms with Crippen molar-refractivity contribution in [1.82, 2.24) is 15.0 Å². The van der Waals surface area contributed by atoms with Gasteiger partial charge in [-0.2, -0.15) is 0 Å². The van der Waals surface area contributed by atoms with Gasteiger partial charge >= 0.3 is 0 Å². The highest BCUT2D eigenvalue weighted by molar-refractivity contribution is 7.15. The molecule has 2 heterocycles. The number of aryl methyl sites for hydroxylation is 1.